The predicted octanol–water partition coefficient (Wildman–Crippen LogP) is 0.420. The van der Waals surface area contributed by atoms with E-state index in [0.717, 1.165) is 25.8 Å². The van der Waals surface area contributed by atoms with Crippen molar-refractivity contribution in [2.45, 2.75) is 43.7 Å². The molecule has 0 spiro atoms. The highest BCUT2D eigenvalue weighted by Crippen LogP contribution is 2.37. The molecule has 0 aromatic heterocycles. The third-order valence-electron chi connectivity index (χ3n) is 4.00. The number of hydrogen-bond donors (Lipinski definition) is 1. The van der Waals surface area contributed by atoms with Crippen molar-refractivity contribution in [2.24, 2.45) is 5.73 Å². The van der Waals surface area contributed by atoms with E-state index < -0.39 is 0 Å². The summed E-state index contributed by atoms with van der Waals surface area (Å²) in [5.41, 5.74) is 6.33. The highest BCUT2D eigenvalue weighted by molar-refractivity contribution is 5.79. The van der Waals surface area contributed by atoms with Gasteiger partial charge in [0.2, 0.25) is 5.91 Å². The zero-order valence-corrected chi connectivity index (χ0v) is 10.4. The molecule has 16 heavy (non-hydrogen) atoms. The number of nitrogens with zero attached hydrogens (tertiary/aromatic N) is 2. The van der Waals surface area contributed by atoms with Gasteiger partial charge in [-0.25, -0.2) is 0 Å². The number of fused-ring (bicyclic) bond motifs is 1. The van der Waals surface area contributed by atoms with Crippen LogP contribution in [0.5, 0.6) is 0 Å². The highest BCUT2D eigenvalue weighted by atomic mass is 16.2. The van der Waals surface area contributed by atoms with Crippen molar-refractivity contribution in [2.75, 3.05) is 27.2 Å². The highest BCUT2D eigenvalue weighted by Gasteiger charge is 2.47. The molecule has 1 aliphatic carbocycles. The van der Waals surface area contributed by atoms with Crippen LogP contribution in [0.3, 0.4) is 0 Å². The van der Waals surface area contributed by atoms with Crippen molar-refractivity contribution < 1.29 is 4.79 Å². The Morgan fingerprint density at radius 1 is 1.44 bits per heavy atom. The Hall–Kier alpha value is -0.610. The van der Waals surface area contributed by atoms with Crippen LogP contribution in [-0.4, -0.2) is 54.5 Å². The number of rotatable bonds is 2. The Labute approximate surface area is 97.8 Å². The summed E-state index contributed by atoms with van der Waals surface area (Å²) in [6, 6.07) is 0.300. The van der Waals surface area contributed by atoms with Crippen LogP contribution in [0.15, 0.2) is 0 Å². The molecule has 0 aromatic rings. The molecule has 2 N–H and O–H groups in total. The van der Waals surface area contributed by atoms with E-state index in [9.17, 15) is 4.79 Å². The molecule has 1 saturated heterocycles. The maximum atomic E-state index is 12.1. The molecule has 4 heteroatoms. The molecule has 0 bridgehead atoms. The molecule has 1 amide bonds. The Bertz CT molecular complexity index is 279. The number of nitrogens with two attached hydrogens (primary N) is 1. The van der Waals surface area contributed by atoms with Crippen molar-refractivity contribution in [1.29, 1.82) is 0 Å². The minimum Gasteiger partial charge on any atom is -0.337 e. The van der Waals surface area contributed by atoms with E-state index >= 15 is 0 Å². The lowest BCUT2D eigenvalue weighted by Crippen LogP contribution is -2.55. The fourth-order valence-electron chi connectivity index (χ4n) is 3.15. The van der Waals surface area contributed by atoms with E-state index in [1.807, 2.05) is 23.9 Å². The Morgan fingerprint density at radius 2 is 2.19 bits per heavy atom. The standard InChI is InChI=1S/C12H23N3O/c1-14(2)9-11(16)15-8-7-12(13)6-4-3-5-10(12)15/h10H,3-9,13H2,1-2H3. The summed E-state index contributed by atoms with van der Waals surface area (Å²) in [6.45, 7) is 1.36. The van der Waals surface area contributed by atoms with Gasteiger partial charge in [0.05, 0.1) is 6.54 Å². The molecule has 1 saturated carbocycles. The number of carbonyl (C=O) groups excluding carboxylic acids is 1. The Morgan fingerprint density at radius 3 is 2.88 bits per heavy atom. The van der Waals surface area contributed by atoms with E-state index in [4.69, 9.17) is 5.73 Å². The molecule has 2 unspecified atom stereocenters. The lowest BCUT2D eigenvalue weighted by Gasteiger charge is -2.39. The molecule has 4 nitrogen and oxygen atoms in total. The lowest BCUT2D eigenvalue weighted by atomic mass is 9.78. The van der Waals surface area contributed by atoms with Crippen LogP contribution in [-0.2, 0) is 4.79 Å². The predicted molar refractivity (Wildman–Crippen MR) is 64.1 cm³/mol. The molecular formula is C12H23N3O. The summed E-state index contributed by atoms with van der Waals surface area (Å²) >= 11 is 0. The second-order valence-corrected chi connectivity index (χ2v) is 5.57. The van der Waals surface area contributed by atoms with E-state index in [0.29, 0.717) is 12.6 Å². The lowest BCUT2D eigenvalue weighted by molar-refractivity contribution is -0.133. The van der Waals surface area contributed by atoms with Crippen LogP contribution in [0, 0.1) is 0 Å². The molecular weight excluding hydrogens is 202 g/mol. The van der Waals surface area contributed by atoms with Crippen molar-refractivity contribution >= 4 is 5.91 Å². The second-order valence-electron chi connectivity index (χ2n) is 5.57. The van der Waals surface area contributed by atoms with Crippen LogP contribution in [0.1, 0.15) is 32.1 Å². The van der Waals surface area contributed by atoms with Gasteiger partial charge >= 0.3 is 0 Å². The first-order valence-electron chi connectivity index (χ1n) is 6.26. The molecule has 1 aliphatic heterocycles. The summed E-state index contributed by atoms with van der Waals surface area (Å²) in [4.78, 5) is 16.0. The molecule has 92 valence electrons. The van der Waals surface area contributed by atoms with Crippen molar-refractivity contribution in [3.05, 3.63) is 0 Å². The van der Waals surface area contributed by atoms with Crippen LogP contribution in [0.25, 0.3) is 0 Å². The average Bonchev–Trinajstić information content (AvgIpc) is 2.54. The number of carbonyl (C=O) groups is 1. The maximum Gasteiger partial charge on any atom is 0.237 e. The number of amides is 1. The number of likely N-dealkylation sites (N-methyl/N-ethyl adjacent to an activating group) is 1. The first-order valence-corrected chi connectivity index (χ1v) is 6.26. The van der Waals surface area contributed by atoms with E-state index in [2.05, 4.69) is 0 Å². The minimum atomic E-state index is -0.0831. The van der Waals surface area contributed by atoms with Crippen LogP contribution in [0.2, 0.25) is 0 Å². The van der Waals surface area contributed by atoms with E-state index in [-0.39, 0.29) is 11.4 Å². The van der Waals surface area contributed by atoms with Gasteiger partial charge in [0, 0.05) is 18.1 Å². The fourth-order valence-corrected chi connectivity index (χ4v) is 3.15. The molecule has 0 aromatic carbocycles. The SMILES string of the molecule is CN(C)CC(=O)N1CCC2(N)CCCCC12. The van der Waals surface area contributed by atoms with Gasteiger partial charge in [0.1, 0.15) is 0 Å². The van der Waals surface area contributed by atoms with Gasteiger partial charge in [0.15, 0.2) is 0 Å². The summed E-state index contributed by atoms with van der Waals surface area (Å²) < 4.78 is 0. The smallest absolute Gasteiger partial charge is 0.237 e. The Balaban J connectivity index is 2.04. The van der Waals surface area contributed by atoms with Crippen LogP contribution in [0.4, 0.5) is 0 Å². The molecule has 1 heterocycles. The van der Waals surface area contributed by atoms with Gasteiger partial charge in [-0.15, -0.1) is 0 Å². The molecule has 2 rings (SSSR count). The molecule has 2 atom stereocenters. The van der Waals surface area contributed by atoms with Gasteiger partial charge in [-0.2, -0.15) is 0 Å². The third-order valence-corrected chi connectivity index (χ3v) is 4.00. The van der Waals surface area contributed by atoms with Gasteiger partial charge in [-0.1, -0.05) is 12.8 Å². The average molecular weight is 225 g/mol. The summed E-state index contributed by atoms with van der Waals surface area (Å²) in [5.74, 6) is 0.240. The van der Waals surface area contributed by atoms with Gasteiger partial charge in [0.25, 0.3) is 0 Å². The van der Waals surface area contributed by atoms with Crippen LogP contribution >= 0.6 is 0 Å². The van der Waals surface area contributed by atoms with Gasteiger partial charge in [-0.3, -0.25) is 4.79 Å². The normalized spacial score (nSPS) is 34.2. The first kappa shape index (κ1) is 11.9. The minimum absolute atomic E-state index is 0.0831. The second kappa shape index (κ2) is 4.34. The van der Waals surface area contributed by atoms with Gasteiger partial charge in [-0.05, 0) is 33.4 Å². The summed E-state index contributed by atoms with van der Waals surface area (Å²) in [5, 5.41) is 0. The van der Waals surface area contributed by atoms with E-state index in [1.54, 1.807) is 0 Å². The van der Waals surface area contributed by atoms with Crippen LogP contribution < -0.4 is 5.73 Å². The largest absolute Gasteiger partial charge is 0.337 e. The van der Waals surface area contributed by atoms with Crippen molar-refractivity contribution in [3.63, 3.8) is 0 Å². The topological polar surface area (TPSA) is 49.6 Å². The molecule has 2 fully saturated rings. The third kappa shape index (κ3) is 2.09. The monoisotopic (exact) mass is 225 g/mol. The van der Waals surface area contributed by atoms with Crippen molar-refractivity contribution in [3.8, 4) is 0 Å². The number of likely N-dealkylation sites (tertiary alicyclic amines) is 1. The van der Waals surface area contributed by atoms with E-state index in [1.165, 1.54) is 12.8 Å². The zero-order valence-electron chi connectivity index (χ0n) is 10.4. The fraction of sp³-hybridized carbons (Fsp3) is 0.917. The first-order chi connectivity index (χ1) is 7.53. The quantitative estimate of drug-likeness (QED) is 0.741. The molecule has 2 aliphatic rings. The number of hydrogen-bond acceptors (Lipinski definition) is 3. The maximum absolute atomic E-state index is 12.1. The summed E-state index contributed by atoms with van der Waals surface area (Å²) in [6.07, 6.45) is 5.61. The summed E-state index contributed by atoms with van der Waals surface area (Å²) in [7, 11) is 3.87. The van der Waals surface area contributed by atoms with Gasteiger partial charge < -0.3 is 15.5 Å². The zero-order chi connectivity index (χ0) is 11.8. The molecule has 0 radical (unpaired) electrons. The Kier molecular flexibility index (Phi) is 3.22. The van der Waals surface area contributed by atoms with Crippen molar-refractivity contribution in [1.82, 2.24) is 9.80 Å².